The van der Waals surface area contributed by atoms with Crippen molar-refractivity contribution >= 4 is 33.8 Å². The summed E-state index contributed by atoms with van der Waals surface area (Å²) < 4.78 is 48.7. The van der Waals surface area contributed by atoms with E-state index in [1.54, 1.807) is 37.3 Å². The number of nitrogens with two attached hydrogens (primary N) is 1. The van der Waals surface area contributed by atoms with E-state index in [4.69, 9.17) is 10.5 Å². The molecule has 256 valence electrons. The average Bonchev–Trinajstić information content (AvgIpc) is 3.34. The van der Waals surface area contributed by atoms with Crippen molar-refractivity contribution < 1.29 is 36.7 Å². The van der Waals surface area contributed by atoms with Gasteiger partial charge in [0.15, 0.2) is 0 Å². The van der Waals surface area contributed by atoms with Crippen LogP contribution in [0.2, 0.25) is 0 Å². The van der Waals surface area contributed by atoms with Gasteiger partial charge in [0.25, 0.3) is 15.9 Å². The molecule has 0 spiro atoms. The Morgan fingerprint density at radius 1 is 1.08 bits per heavy atom. The first-order chi connectivity index (χ1) is 22.9. The summed E-state index contributed by atoms with van der Waals surface area (Å²) in [4.78, 5) is 57.1. The van der Waals surface area contributed by atoms with Crippen LogP contribution in [0.25, 0.3) is 0 Å². The topological polar surface area (TPSA) is 168 Å². The van der Waals surface area contributed by atoms with Crippen LogP contribution in [0.5, 0.6) is 0 Å². The molecule has 0 aromatic heterocycles. The van der Waals surface area contributed by atoms with E-state index in [1.165, 1.54) is 21.9 Å². The lowest BCUT2D eigenvalue weighted by Gasteiger charge is -2.28. The summed E-state index contributed by atoms with van der Waals surface area (Å²) >= 11 is 0. The zero-order valence-corrected chi connectivity index (χ0v) is 27.5. The van der Waals surface area contributed by atoms with Gasteiger partial charge < -0.3 is 20.7 Å². The van der Waals surface area contributed by atoms with E-state index in [2.05, 4.69) is 10.0 Å². The van der Waals surface area contributed by atoms with Gasteiger partial charge in [-0.15, -0.1) is 0 Å². The van der Waals surface area contributed by atoms with E-state index < -0.39 is 69.3 Å². The number of carbonyl (C=O) groups is 4. The van der Waals surface area contributed by atoms with Crippen molar-refractivity contribution in [3.8, 4) is 0 Å². The van der Waals surface area contributed by atoms with Crippen molar-refractivity contribution in [3.05, 3.63) is 77.1 Å². The van der Waals surface area contributed by atoms with Crippen LogP contribution in [0, 0.1) is 18.7 Å². The van der Waals surface area contributed by atoms with E-state index in [0.717, 1.165) is 12.8 Å². The number of allylic oxidation sites excluding steroid dienone is 1. The van der Waals surface area contributed by atoms with Crippen molar-refractivity contribution in [1.82, 2.24) is 19.8 Å². The standard InChI is InChI=1S/C34H40FN5O7S/c1-21-10-7-8-15-29(21)48(45,46)38-32(43)34-17-23(34)12-5-3-2-4-6-14-27(36)31(42)40-19-24(16-28(40)30(41)37-34)47-33(44)39-18-22-11-9-13-26(35)25(22)20-39/h5,7-13,15,23-24,27-28H,2-4,6,14,16-20,36H2,1H3,(H,37,41)(H,38,43)/b12-5-/t23-,24-,27+,28+,34-/m1/s1. The van der Waals surface area contributed by atoms with E-state index in [9.17, 15) is 32.0 Å². The monoisotopic (exact) mass is 681 g/mol. The van der Waals surface area contributed by atoms with Gasteiger partial charge in [-0.1, -0.05) is 55.3 Å². The predicted octanol–water partition coefficient (Wildman–Crippen LogP) is 2.78. The number of hydrogen-bond acceptors (Lipinski definition) is 8. The van der Waals surface area contributed by atoms with Crippen molar-refractivity contribution in [3.63, 3.8) is 0 Å². The molecule has 3 heterocycles. The molecule has 48 heavy (non-hydrogen) atoms. The number of nitrogens with one attached hydrogen (secondary N) is 2. The number of sulfonamides is 1. The molecule has 4 aliphatic rings. The van der Waals surface area contributed by atoms with Crippen LogP contribution in [-0.4, -0.2) is 72.3 Å². The van der Waals surface area contributed by atoms with Gasteiger partial charge in [0.2, 0.25) is 11.8 Å². The number of nitrogens with zero attached hydrogens (tertiary/aromatic N) is 2. The number of ether oxygens (including phenoxy) is 1. The summed E-state index contributed by atoms with van der Waals surface area (Å²) in [5.74, 6) is -2.93. The smallest absolute Gasteiger partial charge is 0.410 e. The van der Waals surface area contributed by atoms with Crippen molar-refractivity contribution in [2.75, 3.05) is 6.54 Å². The minimum absolute atomic E-state index is 0.0307. The maximum atomic E-state index is 14.3. The van der Waals surface area contributed by atoms with Crippen LogP contribution in [0.15, 0.2) is 59.5 Å². The SMILES string of the molecule is Cc1ccccc1S(=O)(=O)NC(=O)[C@@]12C[C@H]1/C=C\CCCCC[C@H](N)C(=O)N1C[C@H](OC(=O)N3Cc4cccc(F)c4C3)C[C@H]1C(=O)N2. The van der Waals surface area contributed by atoms with Crippen molar-refractivity contribution in [2.45, 2.75) is 93.6 Å². The Kier molecular flexibility index (Phi) is 9.31. The van der Waals surface area contributed by atoms with Gasteiger partial charge in [0, 0.05) is 24.4 Å². The Bertz CT molecular complexity index is 1770. The largest absolute Gasteiger partial charge is 0.444 e. The Labute approximate surface area is 278 Å². The number of rotatable bonds is 4. The van der Waals surface area contributed by atoms with E-state index in [1.807, 2.05) is 12.2 Å². The number of carbonyl (C=O) groups excluding carboxylic acids is 4. The molecular formula is C34H40FN5O7S. The second-order valence-corrected chi connectivity index (χ2v) is 14.8. The third-order valence-corrected chi connectivity index (χ3v) is 11.2. The number of halogens is 1. The molecule has 3 aliphatic heterocycles. The lowest BCUT2D eigenvalue weighted by atomic mass is 10.1. The number of benzene rings is 2. The predicted molar refractivity (Wildman–Crippen MR) is 172 cm³/mol. The van der Waals surface area contributed by atoms with E-state index in [0.29, 0.717) is 36.0 Å². The molecule has 2 aromatic rings. The Balaban J connectivity index is 1.22. The number of hydrogen-bond donors (Lipinski definition) is 3. The number of amides is 4. The van der Waals surface area contributed by atoms with Crippen molar-refractivity contribution in [1.29, 1.82) is 0 Å². The summed E-state index contributed by atoms with van der Waals surface area (Å²) in [6, 6.07) is 8.86. The molecule has 14 heteroatoms. The van der Waals surface area contributed by atoms with E-state index in [-0.39, 0.29) is 37.4 Å². The highest BCUT2D eigenvalue weighted by Crippen LogP contribution is 2.46. The van der Waals surface area contributed by atoms with Gasteiger partial charge in [-0.25, -0.2) is 22.3 Å². The highest BCUT2D eigenvalue weighted by atomic mass is 32.2. The molecule has 5 atom stereocenters. The first kappa shape index (κ1) is 33.6. The molecule has 2 fully saturated rings. The lowest BCUT2D eigenvalue weighted by Crippen LogP contribution is -2.57. The molecule has 4 amide bonds. The second-order valence-electron chi connectivity index (χ2n) is 13.1. The maximum Gasteiger partial charge on any atom is 0.410 e. The summed E-state index contributed by atoms with van der Waals surface area (Å²) in [5.41, 5.74) is 6.27. The molecule has 0 radical (unpaired) electrons. The van der Waals surface area contributed by atoms with Gasteiger partial charge in [-0.05, 0) is 55.9 Å². The normalized spacial score (nSPS) is 28.2. The molecule has 1 aliphatic carbocycles. The van der Waals surface area contributed by atoms with Crippen LogP contribution in [0.1, 0.15) is 61.6 Å². The minimum Gasteiger partial charge on any atom is -0.444 e. The Hall–Kier alpha value is -4.30. The Morgan fingerprint density at radius 3 is 2.65 bits per heavy atom. The van der Waals surface area contributed by atoms with Gasteiger partial charge in [-0.3, -0.25) is 19.3 Å². The van der Waals surface area contributed by atoms with Crippen LogP contribution in [0.4, 0.5) is 9.18 Å². The summed E-state index contributed by atoms with van der Waals surface area (Å²) in [5, 5.41) is 2.79. The molecule has 0 bridgehead atoms. The third kappa shape index (κ3) is 6.68. The van der Waals surface area contributed by atoms with Crippen LogP contribution in [-0.2, 0) is 42.2 Å². The molecular weight excluding hydrogens is 641 g/mol. The third-order valence-electron chi connectivity index (χ3n) is 9.75. The Morgan fingerprint density at radius 2 is 1.88 bits per heavy atom. The summed E-state index contributed by atoms with van der Waals surface area (Å²) in [6.07, 6.45) is 5.71. The molecule has 4 N–H and O–H groups in total. The van der Waals surface area contributed by atoms with Gasteiger partial charge in [0.05, 0.1) is 24.0 Å². The van der Waals surface area contributed by atoms with Gasteiger partial charge >= 0.3 is 6.09 Å². The molecule has 6 rings (SSSR count). The number of fused-ring (bicyclic) bond motifs is 3. The quantitative estimate of drug-likeness (QED) is 0.414. The molecule has 12 nitrogen and oxygen atoms in total. The van der Waals surface area contributed by atoms with Crippen LogP contribution < -0.4 is 15.8 Å². The second kappa shape index (κ2) is 13.3. The fourth-order valence-electron chi connectivity index (χ4n) is 6.91. The highest BCUT2D eigenvalue weighted by molar-refractivity contribution is 7.90. The fraction of sp³-hybridized carbons (Fsp3) is 0.471. The molecule has 1 saturated carbocycles. The maximum absolute atomic E-state index is 14.3. The summed E-state index contributed by atoms with van der Waals surface area (Å²) in [6.45, 7) is 1.71. The van der Waals surface area contributed by atoms with Gasteiger partial charge in [0.1, 0.15) is 23.5 Å². The molecule has 0 unspecified atom stereocenters. The lowest BCUT2D eigenvalue weighted by molar-refractivity contribution is -0.140. The first-order valence-electron chi connectivity index (χ1n) is 16.3. The average molecular weight is 682 g/mol. The van der Waals surface area contributed by atoms with Crippen LogP contribution >= 0.6 is 0 Å². The highest BCUT2D eigenvalue weighted by Gasteiger charge is 2.61. The number of aryl methyl sites for hydroxylation is 1. The van der Waals surface area contributed by atoms with E-state index >= 15 is 0 Å². The molecule has 1 saturated heterocycles. The van der Waals surface area contributed by atoms with Crippen molar-refractivity contribution in [2.24, 2.45) is 11.7 Å². The van der Waals surface area contributed by atoms with Crippen LogP contribution in [0.3, 0.4) is 0 Å². The van der Waals surface area contributed by atoms with Gasteiger partial charge in [-0.2, -0.15) is 0 Å². The minimum atomic E-state index is -4.26. The zero-order chi connectivity index (χ0) is 34.2. The summed E-state index contributed by atoms with van der Waals surface area (Å²) in [7, 11) is -4.26. The first-order valence-corrected chi connectivity index (χ1v) is 17.8. The molecule has 2 aromatic carbocycles. The fourth-order valence-corrected chi connectivity index (χ4v) is 8.20. The zero-order valence-electron chi connectivity index (χ0n) is 26.7.